The van der Waals surface area contributed by atoms with Gasteiger partial charge in [0.1, 0.15) is 6.54 Å². The summed E-state index contributed by atoms with van der Waals surface area (Å²) in [5, 5.41) is 3.56. The number of nitrogens with zero attached hydrogens (tertiary/aromatic N) is 1. The Morgan fingerprint density at radius 2 is 1.61 bits per heavy atom. The summed E-state index contributed by atoms with van der Waals surface area (Å²) < 4.78 is 5.30. The number of hydrogen-bond acceptors (Lipinski definition) is 4. The summed E-state index contributed by atoms with van der Waals surface area (Å²) in [6.45, 7) is 0.556. The molecule has 8 heteroatoms. The summed E-state index contributed by atoms with van der Waals surface area (Å²) in [6, 6.07) is 20.9. The van der Waals surface area contributed by atoms with Crippen LogP contribution in [0.15, 0.2) is 83.5 Å². The number of carbonyl (C=O) groups excluding carboxylic acids is 3. The van der Waals surface area contributed by atoms with Crippen molar-refractivity contribution in [3.8, 4) is 0 Å². The number of quaternary nitrogens is 1. The Hall–Kier alpha value is -3.91. The molecule has 8 nitrogen and oxygen atoms in total. The monoisotopic (exact) mass is 419 g/mol. The lowest BCUT2D eigenvalue weighted by molar-refractivity contribution is -0.886. The van der Waals surface area contributed by atoms with Gasteiger partial charge in [-0.1, -0.05) is 60.7 Å². The molecule has 1 aromatic heterocycles. The Morgan fingerprint density at radius 1 is 1.00 bits per heavy atom. The first-order valence-corrected chi connectivity index (χ1v) is 9.91. The number of imide groups is 1. The van der Waals surface area contributed by atoms with Crippen LogP contribution in [0.1, 0.15) is 16.9 Å². The fourth-order valence-corrected chi connectivity index (χ4v) is 3.78. The van der Waals surface area contributed by atoms with Crippen molar-refractivity contribution < 1.29 is 23.7 Å². The van der Waals surface area contributed by atoms with Crippen molar-refractivity contribution in [2.24, 2.45) is 0 Å². The summed E-state index contributed by atoms with van der Waals surface area (Å²) in [7, 11) is 1.83. The Labute approximate surface area is 179 Å². The molecule has 0 aliphatic carbocycles. The van der Waals surface area contributed by atoms with Gasteiger partial charge in [0.2, 0.25) is 0 Å². The molecule has 2 heterocycles. The van der Waals surface area contributed by atoms with Crippen LogP contribution in [0.3, 0.4) is 0 Å². The molecule has 1 aliphatic rings. The zero-order valence-corrected chi connectivity index (χ0v) is 17.0. The second-order valence-corrected chi connectivity index (χ2v) is 7.48. The smallest absolute Gasteiger partial charge is 0.344 e. The first-order valence-electron chi connectivity index (χ1n) is 9.91. The first-order chi connectivity index (χ1) is 15.0. The molecule has 0 radical (unpaired) electrons. The molecular formula is C23H23N4O4+. The minimum Gasteiger partial charge on any atom is -0.463 e. The van der Waals surface area contributed by atoms with Gasteiger partial charge in [-0.05, 0) is 23.3 Å². The molecule has 1 unspecified atom stereocenters. The van der Waals surface area contributed by atoms with Gasteiger partial charge in [-0.15, -0.1) is 0 Å². The molecule has 3 N–H and O–H groups in total. The summed E-state index contributed by atoms with van der Waals surface area (Å²) in [5.74, 6) is -0.274. The SMILES string of the molecule is C[NH+](CC(=O)NN1C(=O)NC(c2ccccc2)(c2ccccc2)C1=O)Cc1ccco1. The zero-order valence-electron chi connectivity index (χ0n) is 17.0. The van der Waals surface area contributed by atoms with E-state index in [-0.39, 0.29) is 6.54 Å². The summed E-state index contributed by atoms with van der Waals surface area (Å²) in [4.78, 5) is 39.7. The Balaban J connectivity index is 1.56. The van der Waals surface area contributed by atoms with Crippen molar-refractivity contribution in [1.29, 1.82) is 0 Å². The number of urea groups is 1. The van der Waals surface area contributed by atoms with Crippen LogP contribution in [-0.4, -0.2) is 36.4 Å². The van der Waals surface area contributed by atoms with Gasteiger partial charge in [0.15, 0.2) is 17.8 Å². The highest BCUT2D eigenvalue weighted by Crippen LogP contribution is 2.35. The van der Waals surface area contributed by atoms with Crippen LogP contribution in [0, 0.1) is 0 Å². The van der Waals surface area contributed by atoms with Crippen LogP contribution in [0.25, 0.3) is 0 Å². The Morgan fingerprint density at radius 3 is 2.16 bits per heavy atom. The predicted molar refractivity (Wildman–Crippen MR) is 111 cm³/mol. The predicted octanol–water partition coefficient (Wildman–Crippen LogP) is 0.821. The number of likely N-dealkylation sites (N-methyl/N-ethyl adjacent to an activating group) is 1. The maximum absolute atomic E-state index is 13.5. The minimum atomic E-state index is -1.42. The fourth-order valence-electron chi connectivity index (χ4n) is 3.78. The van der Waals surface area contributed by atoms with E-state index in [1.807, 2.05) is 25.2 Å². The molecule has 0 saturated carbocycles. The van der Waals surface area contributed by atoms with E-state index in [9.17, 15) is 14.4 Å². The quantitative estimate of drug-likeness (QED) is 0.494. The van der Waals surface area contributed by atoms with Crippen molar-refractivity contribution in [1.82, 2.24) is 15.8 Å². The summed E-state index contributed by atoms with van der Waals surface area (Å²) in [5.41, 5.74) is 2.26. The Bertz CT molecular complexity index is 1030. The molecule has 1 atom stereocenters. The molecule has 0 spiro atoms. The Kier molecular flexibility index (Phi) is 5.55. The van der Waals surface area contributed by atoms with Crippen molar-refractivity contribution in [3.63, 3.8) is 0 Å². The van der Waals surface area contributed by atoms with Crippen LogP contribution in [0.2, 0.25) is 0 Å². The number of rotatable bonds is 7. The fraction of sp³-hybridized carbons (Fsp3) is 0.174. The third-order valence-electron chi connectivity index (χ3n) is 5.19. The molecule has 1 saturated heterocycles. The summed E-state index contributed by atoms with van der Waals surface area (Å²) >= 11 is 0. The number of hydrazine groups is 1. The van der Waals surface area contributed by atoms with E-state index in [2.05, 4.69) is 10.7 Å². The largest absolute Gasteiger partial charge is 0.463 e. The van der Waals surface area contributed by atoms with E-state index in [0.717, 1.165) is 15.7 Å². The van der Waals surface area contributed by atoms with E-state index >= 15 is 0 Å². The van der Waals surface area contributed by atoms with Crippen molar-refractivity contribution in [2.75, 3.05) is 13.6 Å². The molecule has 0 bridgehead atoms. The molecule has 4 rings (SSSR count). The van der Waals surface area contributed by atoms with Crippen LogP contribution in [-0.2, 0) is 21.7 Å². The van der Waals surface area contributed by atoms with Crippen molar-refractivity contribution >= 4 is 17.8 Å². The standard InChI is InChI=1S/C23H22N4O4/c1-26(15-19-13-8-14-31-19)16-20(28)25-27-21(29)23(24-22(27)30,17-9-4-2-5-10-17)18-11-6-3-7-12-18/h2-14H,15-16H2,1H3,(H,24,30)(H,25,28)/p+1. The normalized spacial score (nSPS) is 16.1. The average Bonchev–Trinajstić information content (AvgIpc) is 3.37. The van der Waals surface area contributed by atoms with E-state index in [1.165, 1.54) is 0 Å². The third-order valence-corrected chi connectivity index (χ3v) is 5.19. The van der Waals surface area contributed by atoms with Gasteiger partial charge in [0, 0.05) is 0 Å². The third kappa shape index (κ3) is 3.93. The molecule has 31 heavy (non-hydrogen) atoms. The average molecular weight is 419 g/mol. The van der Waals surface area contributed by atoms with E-state index in [0.29, 0.717) is 17.7 Å². The highest BCUT2D eigenvalue weighted by atomic mass is 16.3. The van der Waals surface area contributed by atoms with E-state index in [1.54, 1.807) is 60.9 Å². The molecule has 3 aromatic rings. The van der Waals surface area contributed by atoms with Gasteiger partial charge in [0.25, 0.3) is 11.8 Å². The first kappa shape index (κ1) is 20.4. The van der Waals surface area contributed by atoms with Gasteiger partial charge in [-0.2, -0.15) is 5.01 Å². The van der Waals surface area contributed by atoms with Crippen LogP contribution >= 0.6 is 0 Å². The molecule has 1 aliphatic heterocycles. The molecular weight excluding hydrogens is 396 g/mol. The number of benzene rings is 2. The number of carbonyl (C=O) groups is 3. The lowest BCUT2D eigenvalue weighted by Gasteiger charge is -2.27. The van der Waals surface area contributed by atoms with E-state index < -0.39 is 23.4 Å². The highest BCUT2D eigenvalue weighted by molar-refractivity contribution is 6.10. The van der Waals surface area contributed by atoms with Gasteiger partial charge < -0.3 is 14.6 Å². The van der Waals surface area contributed by atoms with Gasteiger partial charge in [-0.25, -0.2) is 4.79 Å². The number of hydrogen-bond donors (Lipinski definition) is 3. The summed E-state index contributed by atoms with van der Waals surface area (Å²) in [6.07, 6.45) is 1.57. The van der Waals surface area contributed by atoms with Crippen molar-refractivity contribution in [3.05, 3.63) is 95.9 Å². The second-order valence-electron chi connectivity index (χ2n) is 7.48. The van der Waals surface area contributed by atoms with Gasteiger partial charge in [-0.3, -0.25) is 15.0 Å². The zero-order chi connectivity index (χ0) is 21.8. The minimum absolute atomic E-state index is 0.0570. The molecule has 2 aromatic carbocycles. The highest BCUT2D eigenvalue weighted by Gasteiger charge is 2.54. The van der Waals surface area contributed by atoms with Crippen LogP contribution in [0.5, 0.6) is 0 Å². The lowest BCUT2D eigenvalue weighted by atomic mass is 9.83. The van der Waals surface area contributed by atoms with Crippen molar-refractivity contribution in [2.45, 2.75) is 12.1 Å². The maximum Gasteiger partial charge on any atom is 0.344 e. The second kappa shape index (κ2) is 8.45. The number of furan rings is 1. The lowest BCUT2D eigenvalue weighted by Crippen LogP contribution is -3.09. The number of nitrogens with one attached hydrogen (secondary N) is 3. The molecule has 1 fully saturated rings. The van der Waals surface area contributed by atoms with Crippen LogP contribution < -0.4 is 15.6 Å². The number of amides is 4. The molecule has 4 amide bonds. The van der Waals surface area contributed by atoms with Crippen LogP contribution in [0.4, 0.5) is 4.79 Å². The van der Waals surface area contributed by atoms with Gasteiger partial charge in [0.05, 0.1) is 13.3 Å². The maximum atomic E-state index is 13.5. The van der Waals surface area contributed by atoms with Gasteiger partial charge >= 0.3 is 6.03 Å². The topological polar surface area (TPSA) is 96.1 Å². The molecule has 158 valence electrons. The van der Waals surface area contributed by atoms with E-state index in [4.69, 9.17) is 4.42 Å².